The number of aliphatic imine (C=N–C) groups is 1. The number of hydrogen-bond donors (Lipinski definition) is 1. The van der Waals surface area contributed by atoms with E-state index < -0.39 is 18.3 Å². The van der Waals surface area contributed by atoms with Crippen LogP contribution in [0, 0.1) is 0 Å². The normalized spacial score (nSPS) is 34.7. The van der Waals surface area contributed by atoms with Crippen molar-refractivity contribution in [1.82, 2.24) is 5.32 Å². The monoisotopic (exact) mass is 264 g/mol. The number of hydrogen-bond acceptors (Lipinski definition) is 4. The molecule has 1 aliphatic carbocycles. The SMILES string of the molecule is CC1(C)OB(C2=CC3N=CNC3C(F)=C2)OC1(C)C. The maximum atomic E-state index is 14.0. The molecule has 0 radical (unpaired) electrons. The summed E-state index contributed by atoms with van der Waals surface area (Å²) >= 11 is 0. The minimum Gasteiger partial charge on any atom is -0.399 e. The van der Waals surface area contributed by atoms with E-state index in [1.54, 1.807) is 6.34 Å². The van der Waals surface area contributed by atoms with Crippen LogP contribution in [0.1, 0.15) is 27.7 Å². The quantitative estimate of drug-likeness (QED) is 0.734. The van der Waals surface area contributed by atoms with Gasteiger partial charge in [0.1, 0.15) is 11.9 Å². The Labute approximate surface area is 112 Å². The van der Waals surface area contributed by atoms with Crippen LogP contribution in [-0.4, -0.2) is 36.7 Å². The van der Waals surface area contributed by atoms with E-state index in [0.29, 0.717) is 5.47 Å². The van der Waals surface area contributed by atoms with Crippen LogP contribution in [-0.2, 0) is 9.31 Å². The second-order valence-corrected chi connectivity index (χ2v) is 6.20. The zero-order valence-corrected chi connectivity index (χ0v) is 11.6. The molecule has 6 heteroatoms. The highest BCUT2D eigenvalue weighted by Crippen LogP contribution is 2.40. The highest BCUT2D eigenvalue weighted by atomic mass is 19.1. The summed E-state index contributed by atoms with van der Waals surface area (Å²) in [5, 5.41) is 2.89. The first-order valence-electron chi connectivity index (χ1n) is 6.52. The van der Waals surface area contributed by atoms with Gasteiger partial charge in [-0.25, -0.2) is 4.39 Å². The molecule has 2 heterocycles. The summed E-state index contributed by atoms with van der Waals surface area (Å²) in [6.45, 7) is 7.92. The van der Waals surface area contributed by atoms with Gasteiger partial charge in [-0.05, 0) is 39.2 Å². The van der Waals surface area contributed by atoms with Gasteiger partial charge in [-0.1, -0.05) is 6.08 Å². The first-order valence-corrected chi connectivity index (χ1v) is 6.52. The second kappa shape index (κ2) is 3.93. The third-order valence-corrected chi connectivity index (χ3v) is 4.33. The van der Waals surface area contributed by atoms with Crippen LogP contribution in [0.5, 0.6) is 0 Å². The molecule has 2 aliphatic heterocycles. The van der Waals surface area contributed by atoms with Gasteiger partial charge in [0.25, 0.3) is 0 Å². The number of rotatable bonds is 1. The van der Waals surface area contributed by atoms with Gasteiger partial charge in [-0.3, -0.25) is 4.99 Å². The molecule has 0 spiro atoms. The van der Waals surface area contributed by atoms with Crippen LogP contribution in [0.25, 0.3) is 0 Å². The largest absolute Gasteiger partial charge is 0.494 e. The van der Waals surface area contributed by atoms with Crippen LogP contribution in [0.15, 0.2) is 28.4 Å². The van der Waals surface area contributed by atoms with Crippen molar-refractivity contribution >= 4 is 13.5 Å². The Kier molecular flexibility index (Phi) is 2.66. The zero-order valence-electron chi connectivity index (χ0n) is 11.6. The van der Waals surface area contributed by atoms with Gasteiger partial charge in [0.05, 0.1) is 23.6 Å². The molecule has 19 heavy (non-hydrogen) atoms. The van der Waals surface area contributed by atoms with Crippen molar-refractivity contribution in [2.75, 3.05) is 0 Å². The summed E-state index contributed by atoms with van der Waals surface area (Å²) < 4.78 is 25.8. The van der Waals surface area contributed by atoms with Crippen molar-refractivity contribution in [2.45, 2.75) is 51.0 Å². The van der Waals surface area contributed by atoms with Gasteiger partial charge in [0.15, 0.2) is 0 Å². The molecule has 0 bridgehead atoms. The summed E-state index contributed by atoms with van der Waals surface area (Å²) in [5.74, 6) is -0.227. The van der Waals surface area contributed by atoms with Crippen molar-refractivity contribution in [2.24, 2.45) is 4.99 Å². The molecule has 0 aromatic rings. The fraction of sp³-hybridized carbons (Fsp3) is 0.615. The second-order valence-electron chi connectivity index (χ2n) is 6.20. The lowest BCUT2D eigenvalue weighted by Gasteiger charge is -2.32. The molecule has 2 unspecified atom stereocenters. The average molecular weight is 264 g/mol. The molecule has 2 atom stereocenters. The van der Waals surface area contributed by atoms with E-state index in [9.17, 15) is 4.39 Å². The maximum absolute atomic E-state index is 14.0. The van der Waals surface area contributed by atoms with Crippen molar-refractivity contribution in [1.29, 1.82) is 0 Å². The Hall–Kier alpha value is -1.14. The predicted octanol–water partition coefficient (Wildman–Crippen LogP) is 1.78. The van der Waals surface area contributed by atoms with E-state index in [0.717, 1.165) is 0 Å². The molecule has 3 rings (SSSR count). The summed E-state index contributed by atoms with van der Waals surface area (Å²) in [4.78, 5) is 4.20. The third kappa shape index (κ3) is 1.94. The lowest BCUT2D eigenvalue weighted by molar-refractivity contribution is 0.00578. The minimum atomic E-state index is -0.535. The van der Waals surface area contributed by atoms with Crippen LogP contribution < -0.4 is 5.32 Å². The fourth-order valence-electron chi connectivity index (χ4n) is 2.40. The lowest BCUT2D eigenvalue weighted by atomic mass is 9.74. The summed E-state index contributed by atoms with van der Waals surface area (Å²) in [6, 6.07) is -0.579. The number of fused-ring (bicyclic) bond motifs is 1. The molecular weight excluding hydrogens is 246 g/mol. The molecule has 1 N–H and O–H groups in total. The van der Waals surface area contributed by atoms with Gasteiger partial charge < -0.3 is 14.6 Å². The molecule has 4 nitrogen and oxygen atoms in total. The van der Waals surface area contributed by atoms with E-state index in [1.807, 2.05) is 33.8 Å². The fourth-order valence-corrected chi connectivity index (χ4v) is 2.40. The molecule has 0 aromatic heterocycles. The number of nitrogens with zero attached hydrogens (tertiary/aromatic N) is 1. The average Bonchev–Trinajstić information content (AvgIpc) is 2.82. The maximum Gasteiger partial charge on any atom is 0.494 e. The molecule has 1 fully saturated rings. The standard InChI is InChI=1S/C13H18BFN2O2/c1-12(2)13(3,4)19-14(18-12)8-5-9(15)11-10(6-8)16-7-17-11/h5-7,10-11H,1-4H3,(H,16,17). The molecule has 0 saturated carbocycles. The first kappa shape index (κ1) is 12.9. The van der Waals surface area contributed by atoms with E-state index in [4.69, 9.17) is 9.31 Å². The highest BCUT2D eigenvalue weighted by molar-refractivity contribution is 6.55. The number of halogens is 1. The van der Waals surface area contributed by atoms with Crippen molar-refractivity contribution in [3.8, 4) is 0 Å². The van der Waals surface area contributed by atoms with Crippen molar-refractivity contribution < 1.29 is 13.7 Å². The Bertz CT molecular complexity index is 483. The summed E-state index contributed by atoms with van der Waals surface area (Å²) in [6.07, 6.45) is 4.95. The highest BCUT2D eigenvalue weighted by Gasteiger charge is 2.52. The zero-order chi connectivity index (χ0) is 13.8. The molecule has 0 amide bonds. The van der Waals surface area contributed by atoms with Crippen molar-refractivity contribution in [3.05, 3.63) is 23.5 Å². The van der Waals surface area contributed by atoms with E-state index >= 15 is 0 Å². The minimum absolute atomic E-state index is 0.209. The Morgan fingerprint density at radius 1 is 1.26 bits per heavy atom. The first-order chi connectivity index (χ1) is 8.80. The van der Waals surface area contributed by atoms with Gasteiger partial charge in [0, 0.05) is 0 Å². The van der Waals surface area contributed by atoms with Gasteiger partial charge in [0.2, 0.25) is 0 Å². The van der Waals surface area contributed by atoms with E-state index in [2.05, 4.69) is 10.3 Å². The molecular formula is C13H18BFN2O2. The van der Waals surface area contributed by atoms with E-state index in [1.165, 1.54) is 6.08 Å². The van der Waals surface area contributed by atoms with Gasteiger partial charge >= 0.3 is 7.12 Å². The smallest absolute Gasteiger partial charge is 0.399 e. The Balaban J connectivity index is 1.87. The van der Waals surface area contributed by atoms with Crippen LogP contribution in [0.2, 0.25) is 0 Å². The third-order valence-electron chi connectivity index (χ3n) is 4.33. The topological polar surface area (TPSA) is 42.8 Å². The van der Waals surface area contributed by atoms with Crippen LogP contribution in [0.4, 0.5) is 4.39 Å². The summed E-state index contributed by atoms with van der Waals surface area (Å²) in [5.41, 5.74) is -0.133. The predicted molar refractivity (Wildman–Crippen MR) is 72.6 cm³/mol. The molecule has 0 aromatic carbocycles. The Morgan fingerprint density at radius 2 is 1.89 bits per heavy atom. The van der Waals surface area contributed by atoms with Gasteiger partial charge in [-0.15, -0.1) is 0 Å². The molecule has 1 saturated heterocycles. The Morgan fingerprint density at radius 3 is 2.53 bits per heavy atom. The lowest BCUT2D eigenvalue weighted by Crippen LogP contribution is -2.41. The molecule has 102 valence electrons. The van der Waals surface area contributed by atoms with Crippen LogP contribution >= 0.6 is 0 Å². The number of allylic oxidation sites excluding steroid dienone is 2. The van der Waals surface area contributed by atoms with Gasteiger partial charge in [-0.2, -0.15) is 0 Å². The van der Waals surface area contributed by atoms with Crippen molar-refractivity contribution in [3.63, 3.8) is 0 Å². The summed E-state index contributed by atoms with van der Waals surface area (Å²) in [7, 11) is -0.535. The van der Waals surface area contributed by atoms with E-state index in [-0.39, 0.29) is 17.9 Å². The number of nitrogens with one attached hydrogen (secondary N) is 1. The molecule has 3 aliphatic rings. The van der Waals surface area contributed by atoms with Crippen LogP contribution in [0.3, 0.4) is 0 Å².